The van der Waals surface area contributed by atoms with Crippen LogP contribution in [-0.4, -0.2) is 36.6 Å². The Morgan fingerprint density at radius 3 is 2.39 bits per heavy atom. The lowest BCUT2D eigenvalue weighted by molar-refractivity contribution is -0.132. The average Bonchev–Trinajstić information content (AvgIpc) is 2.40. The minimum absolute atomic E-state index is 0.0751. The summed E-state index contributed by atoms with van der Waals surface area (Å²) >= 11 is 0. The summed E-state index contributed by atoms with van der Waals surface area (Å²) in [5, 5.41) is 2.51. The van der Waals surface area contributed by atoms with Crippen LogP contribution >= 0.6 is 0 Å². The molecule has 18 heavy (non-hydrogen) atoms. The van der Waals surface area contributed by atoms with E-state index in [0.717, 1.165) is 6.42 Å². The maximum absolute atomic E-state index is 11.4. The SMILES string of the molecule is CCC(C)OC(CC)N(C=O)/C=C(/C)C(=O)NC. The van der Waals surface area contributed by atoms with Crippen molar-refractivity contribution in [2.45, 2.75) is 52.9 Å². The maximum atomic E-state index is 11.4. The monoisotopic (exact) mass is 256 g/mol. The highest BCUT2D eigenvalue weighted by molar-refractivity contribution is 5.92. The van der Waals surface area contributed by atoms with Crippen molar-refractivity contribution in [3.05, 3.63) is 11.8 Å². The molecule has 0 spiro atoms. The molecule has 5 heteroatoms. The second kappa shape index (κ2) is 8.69. The first-order valence-corrected chi connectivity index (χ1v) is 6.28. The minimum atomic E-state index is -0.336. The van der Waals surface area contributed by atoms with Gasteiger partial charge in [-0.05, 0) is 26.7 Å². The highest BCUT2D eigenvalue weighted by Gasteiger charge is 2.17. The fraction of sp³-hybridized carbons (Fsp3) is 0.692. The lowest BCUT2D eigenvalue weighted by Gasteiger charge is -2.27. The largest absolute Gasteiger partial charge is 0.355 e. The van der Waals surface area contributed by atoms with Crippen molar-refractivity contribution in [1.29, 1.82) is 0 Å². The number of ether oxygens (including phenoxy) is 1. The molecule has 5 nitrogen and oxygen atoms in total. The highest BCUT2D eigenvalue weighted by Crippen LogP contribution is 2.11. The molecule has 0 aromatic rings. The Morgan fingerprint density at radius 2 is 2.00 bits per heavy atom. The van der Waals surface area contributed by atoms with E-state index >= 15 is 0 Å². The fourth-order valence-electron chi connectivity index (χ4n) is 1.40. The number of rotatable bonds is 8. The van der Waals surface area contributed by atoms with Gasteiger partial charge < -0.3 is 10.1 Å². The summed E-state index contributed by atoms with van der Waals surface area (Å²) in [4.78, 5) is 23.9. The van der Waals surface area contributed by atoms with Gasteiger partial charge in [-0.2, -0.15) is 0 Å². The van der Waals surface area contributed by atoms with E-state index in [-0.39, 0.29) is 18.2 Å². The molecule has 0 aliphatic heterocycles. The summed E-state index contributed by atoms with van der Waals surface area (Å²) in [7, 11) is 1.55. The van der Waals surface area contributed by atoms with Crippen LogP contribution in [0.4, 0.5) is 0 Å². The Kier molecular flexibility index (Phi) is 8.03. The molecule has 0 aromatic carbocycles. The van der Waals surface area contributed by atoms with E-state index in [1.165, 1.54) is 11.1 Å². The van der Waals surface area contributed by atoms with Gasteiger partial charge in [-0.25, -0.2) is 0 Å². The van der Waals surface area contributed by atoms with Crippen molar-refractivity contribution < 1.29 is 14.3 Å². The van der Waals surface area contributed by atoms with Gasteiger partial charge in [0.15, 0.2) is 0 Å². The van der Waals surface area contributed by atoms with Gasteiger partial charge in [0.05, 0.1) is 6.10 Å². The van der Waals surface area contributed by atoms with E-state index < -0.39 is 0 Å². The van der Waals surface area contributed by atoms with Crippen LogP contribution in [0.1, 0.15) is 40.5 Å². The van der Waals surface area contributed by atoms with Gasteiger partial charge in [0.25, 0.3) is 0 Å². The Hall–Kier alpha value is -1.36. The van der Waals surface area contributed by atoms with Crippen molar-refractivity contribution in [3.63, 3.8) is 0 Å². The van der Waals surface area contributed by atoms with E-state index in [0.29, 0.717) is 18.4 Å². The molecule has 0 aliphatic carbocycles. The van der Waals surface area contributed by atoms with Crippen molar-refractivity contribution in [3.8, 4) is 0 Å². The smallest absolute Gasteiger partial charge is 0.248 e. The van der Waals surface area contributed by atoms with Gasteiger partial charge >= 0.3 is 0 Å². The maximum Gasteiger partial charge on any atom is 0.248 e. The first kappa shape index (κ1) is 16.6. The quantitative estimate of drug-likeness (QED) is 0.408. The van der Waals surface area contributed by atoms with Crippen LogP contribution in [-0.2, 0) is 14.3 Å². The van der Waals surface area contributed by atoms with Crippen molar-refractivity contribution >= 4 is 12.3 Å². The molecule has 0 aromatic heterocycles. The summed E-state index contributed by atoms with van der Waals surface area (Å²) in [6, 6.07) is 0. The van der Waals surface area contributed by atoms with Crippen molar-refractivity contribution in [2.24, 2.45) is 0 Å². The predicted molar refractivity (Wildman–Crippen MR) is 70.6 cm³/mol. The first-order valence-electron chi connectivity index (χ1n) is 6.28. The van der Waals surface area contributed by atoms with E-state index in [2.05, 4.69) is 5.32 Å². The number of carbonyl (C=O) groups is 2. The lowest BCUT2D eigenvalue weighted by Crippen LogP contribution is -2.35. The Balaban J connectivity index is 4.82. The fourth-order valence-corrected chi connectivity index (χ4v) is 1.40. The Morgan fingerprint density at radius 1 is 1.39 bits per heavy atom. The molecule has 1 N–H and O–H groups in total. The molecular formula is C13H24N2O3. The van der Waals surface area contributed by atoms with Crippen molar-refractivity contribution in [1.82, 2.24) is 10.2 Å². The van der Waals surface area contributed by atoms with Gasteiger partial charge in [-0.1, -0.05) is 13.8 Å². The molecule has 0 aliphatic rings. The van der Waals surface area contributed by atoms with Crippen molar-refractivity contribution in [2.75, 3.05) is 7.05 Å². The van der Waals surface area contributed by atoms with Crippen LogP contribution < -0.4 is 5.32 Å². The van der Waals surface area contributed by atoms with E-state index in [9.17, 15) is 9.59 Å². The third-order valence-corrected chi connectivity index (χ3v) is 2.70. The Labute approximate surface area is 109 Å². The van der Waals surface area contributed by atoms with Crippen LogP contribution in [0.3, 0.4) is 0 Å². The molecule has 0 fully saturated rings. The molecule has 0 bridgehead atoms. The molecule has 0 radical (unpaired) electrons. The highest BCUT2D eigenvalue weighted by atomic mass is 16.5. The van der Waals surface area contributed by atoms with Crippen LogP contribution in [0.5, 0.6) is 0 Å². The summed E-state index contributed by atoms with van der Waals surface area (Å²) in [6.45, 7) is 7.58. The molecule has 0 saturated heterocycles. The number of nitrogens with one attached hydrogen (secondary N) is 1. The topological polar surface area (TPSA) is 58.6 Å². The lowest BCUT2D eigenvalue weighted by atomic mass is 10.2. The molecule has 2 atom stereocenters. The van der Waals surface area contributed by atoms with Gasteiger partial charge in [-0.3, -0.25) is 14.5 Å². The molecule has 2 amide bonds. The molecule has 0 rings (SSSR count). The van der Waals surface area contributed by atoms with Gasteiger partial charge in [-0.15, -0.1) is 0 Å². The number of hydrogen-bond donors (Lipinski definition) is 1. The zero-order valence-electron chi connectivity index (χ0n) is 11.9. The minimum Gasteiger partial charge on any atom is -0.355 e. The summed E-state index contributed by atoms with van der Waals surface area (Å²) in [6.07, 6.45) is 3.48. The van der Waals surface area contributed by atoms with Gasteiger partial charge in [0.2, 0.25) is 12.3 Å². The summed E-state index contributed by atoms with van der Waals surface area (Å²) < 4.78 is 5.73. The van der Waals surface area contributed by atoms with Gasteiger partial charge in [0, 0.05) is 18.8 Å². The Bertz CT molecular complexity index is 303. The second-order valence-electron chi connectivity index (χ2n) is 4.16. The number of carbonyl (C=O) groups excluding carboxylic acids is 2. The first-order chi connectivity index (χ1) is 8.49. The standard InChI is InChI=1S/C13H24N2O3/c1-6-11(4)18-12(7-2)15(9-16)8-10(3)13(17)14-5/h8-9,11-12H,6-7H2,1-5H3,(H,14,17)/b10-8-. The molecule has 2 unspecified atom stereocenters. The van der Waals surface area contributed by atoms with Crippen LogP contribution in [0.25, 0.3) is 0 Å². The number of hydrogen-bond acceptors (Lipinski definition) is 3. The number of amides is 2. The number of nitrogens with zero attached hydrogens (tertiary/aromatic N) is 1. The zero-order valence-corrected chi connectivity index (χ0v) is 11.9. The summed E-state index contributed by atoms with van der Waals surface area (Å²) in [5.41, 5.74) is 0.468. The molecular weight excluding hydrogens is 232 g/mol. The molecule has 104 valence electrons. The van der Waals surface area contributed by atoms with E-state index in [1.807, 2.05) is 20.8 Å². The second-order valence-corrected chi connectivity index (χ2v) is 4.16. The number of likely N-dealkylation sites (N-methyl/N-ethyl adjacent to an activating group) is 1. The van der Waals surface area contributed by atoms with E-state index in [4.69, 9.17) is 4.74 Å². The van der Waals surface area contributed by atoms with Crippen LogP contribution in [0.2, 0.25) is 0 Å². The summed E-state index contributed by atoms with van der Waals surface area (Å²) in [5.74, 6) is -0.208. The van der Waals surface area contributed by atoms with Gasteiger partial charge in [0.1, 0.15) is 6.23 Å². The van der Waals surface area contributed by atoms with E-state index in [1.54, 1.807) is 14.0 Å². The average molecular weight is 256 g/mol. The van der Waals surface area contributed by atoms with Crippen LogP contribution in [0, 0.1) is 0 Å². The normalized spacial score (nSPS) is 14.8. The third kappa shape index (κ3) is 5.31. The molecule has 0 saturated carbocycles. The zero-order chi connectivity index (χ0) is 14.1. The van der Waals surface area contributed by atoms with Crippen LogP contribution in [0.15, 0.2) is 11.8 Å². The molecule has 0 heterocycles. The third-order valence-electron chi connectivity index (χ3n) is 2.70. The predicted octanol–water partition coefficient (Wildman–Crippen LogP) is 1.65.